The molecule has 32 heavy (non-hydrogen) atoms. The molecule has 3 rings (SSSR count). The molecule has 0 saturated carbocycles. The van der Waals surface area contributed by atoms with Gasteiger partial charge in [0.05, 0.1) is 13.2 Å². The van der Waals surface area contributed by atoms with E-state index >= 15 is 0 Å². The zero-order chi connectivity index (χ0) is 22.5. The fourth-order valence-electron chi connectivity index (χ4n) is 4.05. The van der Waals surface area contributed by atoms with Crippen LogP contribution in [0.15, 0.2) is 91.0 Å². The van der Waals surface area contributed by atoms with Crippen LogP contribution in [-0.4, -0.2) is 18.1 Å². The minimum Gasteiger partial charge on any atom is -0.376 e. The Labute approximate surface area is 203 Å². The number of ether oxygens (including phenoxy) is 1. The molecule has 0 fully saturated rings. The number of thioether (sulfide) groups is 2. The van der Waals surface area contributed by atoms with Crippen LogP contribution < -0.4 is 0 Å². The van der Waals surface area contributed by atoms with Crippen molar-refractivity contribution in [1.82, 2.24) is 0 Å². The maximum Gasteiger partial charge on any atom is 0.0717 e. The fraction of sp³-hybridized carbons (Fsp3) is 0.379. The van der Waals surface area contributed by atoms with Gasteiger partial charge in [-0.05, 0) is 29.0 Å². The molecule has 3 heteroatoms. The minimum atomic E-state index is 0.168. The minimum absolute atomic E-state index is 0.168. The highest BCUT2D eigenvalue weighted by Crippen LogP contribution is 2.37. The summed E-state index contributed by atoms with van der Waals surface area (Å²) in [6.07, 6.45) is 1.19. The molecule has 0 N–H and O–H groups in total. The Balaban J connectivity index is 1.64. The summed E-state index contributed by atoms with van der Waals surface area (Å²) in [6, 6.07) is 32.2. The van der Waals surface area contributed by atoms with Crippen LogP contribution in [0.5, 0.6) is 0 Å². The molecule has 0 bridgehead atoms. The van der Waals surface area contributed by atoms with Gasteiger partial charge in [-0.25, -0.2) is 0 Å². The van der Waals surface area contributed by atoms with Crippen LogP contribution in [0, 0.1) is 11.3 Å². The second-order valence-corrected chi connectivity index (χ2v) is 11.0. The lowest BCUT2D eigenvalue weighted by molar-refractivity contribution is 0.0459. The van der Waals surface area contributed by atoms with Gasteiger partial charge in [-0.15, -0.1) is 0 Å². The summed E-state index contributed by atoms with van der Waals surface area (Å²) < 4.78 is 6.36. The van der Waals surface area contributed by atoms with E-state index in [9.17, 15) is 0 Å². The summed E-state index contributed by atoms with van der Waals surface area (Å²) in [5.74, 6) is 5.00. The Bertz CT molecular complexity index is 755. The summed E-state index contributed by atoms with van der Waals surface area (Å²) in [5, 5.41) is 0. The zero-order valence-electron chi connectivity index (χ0n) is 19.4. The van der Waals surface area contributed by atoms with Crippen molar-refractivity contribution in [2.75, 3.05) is 18.1 Å². The lowest BCUT2D eigenvalue weighted by Gasteiger charge is -2.35. The summed E-state index contributed by atoms with van der Waals surface area (Å²) in [7, 11) is 0. The summed E-state index contributed by atoms with van der Waals surface area (Å²) in [4.78, 5) is 0. The van der Waals surface area contributed by atoms with Crippen molar-refractivity contribution in [3.63, 3.8) is 0 Å². The van der Waals surface area contributed by atoms with Crippen LogP contribution in [0.4, 0.5) is 0 Å². The van der Waals surface area contributed by atoms with Gasteiger partial charge in [0.2, 0.25) is 0 Å². The molecule has 0 radical (unpaired) electrons. The first-order valence-corrected chi connectivity index (χ1v) is 13.8. The Morgan fingerprint density at radius 3 is 1.53 bits per heavy atom. The van der Waals surface area contributed by atoms with Crippen molar-refractivity contribution in [2.24, 2.45) is 11.3 Å². The van der Waals surface area contributed by atoms with Crippen LogP contribution in [0.1, 0.15) is 37.0 Å². The largest absolute Gasteiger partial charge is 0.376 e. The van der Waals surface area contributed by atoms with E-state index in [-0.39, 0.29) is 5.41 Å². The molecule has 0 unspecified atom stereocenters. The van der Waals surface area contributed by atoms with E-state index in [0.29, 0.717) is 12.5 Å². The molecule has 170 valence electrons. The van der Waals surface area contributed by atoms with E-state index in [0.717, 1.165) is 29.6 Å². The van der Waals surface area contributed by atoms with Crippen LogP contribution in [0.3, 0.4) is 0 Å². The number of rotatable bonds is 14. The molecule has 3 aromatic carbocycles. The topological polar surface area (TPSA) is 9.23 Å². The smallest absolute Gasteiger partial charge is 0.0717 e. The monoisotopic (exact) mass is 464 g/mol. The summed E-state index contributed by atoms with van der Waals surface area (Å²) in [5.41, 5.74) is 4.22. The standard InChI is InChI=1S/C29H36OS2/c1-25(2)18-29(22-30-19-26-12-6-3-7-13-26,23-31-20-27-14-8-4-9-15-27)24-32-21-28-16-10-5-11-17-28/h3-17,25H,18-24H2,1-2H3. The van der Waals surface area contributed by atoms with E-state index in [1.807, 2.05) is 0 Å². The van der Waals surface area contributed by atoms with E-state index < -0.39 is 0 Å². The van der Waals surface area contributed by atoms with Crippen LogP contribution >= 0.6 is 23.5 Å². The second kappa shape index (κ2) is 13.8. The predicted molar refractivity (Wildman–Crippen MR) is 143 cm³/mol. The molecule has 0 atom stereocenters. The van der Waals surface area contributed by atoms with Gasteiger partial charge in [0.25, 0.3) is 0 Å². The van der Waals surface area contributed by atoms with Crippen molar-refractivity contribution in [1.29, 1.82) is 0 Å². The molecule has 0 aliphatic carbocycles. The van der Waals surface area contributed by atoms with Crippen LogP contribution in [0.2, 0.25) is 0 Å². The van der Waals surface area contributed by atoms with Crippen molar-refractivity contribution in [3.05, 3.63) is 108 Å². The molecule has 1 nitrogen and oxygen atoms in total. The molecular weight excluding hydrogens is 428 g/mol. The van der Waals surface area contributed by atoms with E-state index in [4.69, 9.17) is 4.74 Å². The van der Waals surface area contributed by atoms with Gasteiger partial charge < -0.3 is 4.74 Å². The highest BCUT2D eigenvalue weighted by molar-refractivity contribution is 7.99. The Kier molecular flexibility index (Phi) is 10.7. The van der Waals surface area contributed by atoms with Gasteiger partial charge in [0, 0.05) is 28.4 Å². The average Bonchev–Trinajstić information content (AvgIpc) is 2.81. The van der Waals surface area contributed by atoms with Gasteiger partial charge in [0.1, 0.15) is 0 Å². The molecule has 0 aliphatic heterocycles. The van der Waals surface area contributed by atoms with Gasteiger partial charge >= 0.3 is 0 Å². The Morgan fingerprint density at radius 2 is 1.09 bits per heavy atom. The molecule has 0 saturated heterocycles. The maximum atomic E-state index is 6.36. The van der Waals surface area contributed by atoms with Crippen LogP contribution in [-0.2, 0) is 22.8 Å². The lowest BCUT2D eigenvalue weighted by atomic mass is 9.84. The van der Waals surface area contributed by atoms with E-state index in [1.54, 1.807) is 0 Å². The van der Waals surface area contributed by atoms with Gasteiger partial charge in [-0.2, -0.15) is 23.5 Å². The third-order valence-electron chi connectivity index (χ3n) is 5.40. The highest BCUT2D eigenvalue weighted by atomic mass is 32.2. The van der Waals surface area contributed by atoms with Gasteiger partial charge in [-0.1, -0.05) is 105 Å². The first-order chi connectivity index (χ1) is 15.7. The van der Waals surface area contributed by atoms with Gasteiger partial charge in [-0.3, -0.25) is 0 Å². The lowest BCUT2D eigenvalue weighted by Crippen LogP contribution is -2.34. The van der Waals surface area contributed by atoms with Crippen molar-refractivity contribution in [2.45, 2.75) is 38.4 Å². The summed E-state index contributed by atoms with van der Waals surface area (Å²) in [6.45, 7) is 6.18. The van der Waals surface area contributed by atoms with Gasteiger partial charge in [0.15, 0.2) is 0 Å². The molecule has 0 spiro atoms. The van der Waals surface area contributed by atoms with Crippen molar-refractivity contribution in [3.8, 4) is 0 Å². The molecular formula is C29H36OS2. The molecule has 0 aliphatic rings. The Morgan fingerprint density at radius 1 is 0.656 bits per heavy atom. The third kappa shape index (κ3) is 9.05. The third-order valence-corrected chi connectivity index (χ3v) is 8.11. The van der Waals surface area contributed by atoms with Crippen molar-refractivity contribution < 1.29 is 4.74 Å². The normalized spacial score (nSPS) is 11.7. The number of hydrogen-bond acceptors (Lipinski definition) is 3. The van der Waals surface area contributed by atoms with E-state index in [2.05, 4.69) is 128 Å². The zero-order valence-corrected chi connectivity index (χ0v) is 21.0. The van der Waals surface area contributed by atoms with Crippen molar-refractivity contribution >= 4 is 23.5 Å². The highest BCUT2D eigenvalue weighted by Gasteiger charge is 2.31. The molecule has 0 heterocycles. The molecule has 0 aromatic heterocycles. The SMILES string of the molecule is CC(C)CC(COCc1ccccc1)(CSCc1ccccc1)CSCc1ccccc1. The van der Waals surface area contributed by atoms with Crippen LogP contribution in [0.25, 0.3) is 0 Å². The number of benzene rings is 3. The predicted octanol–water partition coefficient (Wildman–Crippen LogP) is 8.10. The molecule has 0 amide bonds. The number of hydrogen-bond donors (Lipinski definition) is 0. The first-order valence-electron chi connectivity index (χ1n) is 11.5. The average molecular weight is 465 g/mol. The molecule has 3 aromatic rings. The maximum absolute atomic E-state index is 6.36. The first kappa shape index (κ1) is 25.0. The van der Waals surface area contributed by atoms with E-state index in [1.165, 1.54) is 23.1 Å². The fourth-order valence-corrected chi connectivity index (χ4v) is 6.71. The summed E-state index contributed by atoms with van der Waals surface area (Å²) >= 11 is 4.11. The quantitative estimate of drug-likeness (QED) is 0.238. The second-order valence-electron chi connectivity index (χ2n) is 9.03. The Hall–Kier alpha value is -1.68.